The van der Waals surface area contributed by atoms with Crippen LogP contribution in [0, 0.1) is 0 Å². The number of carboxylic acid groups (broad SMARTS) is 1. The number of carboxylic acids is 1. The van der Waals surface area contributed by atoms with Crippen molar-refractivity contribution in [2.24, 2.45) is 0 Å². The van der Waals surface area contributed by atoms with Crippen LogP contribution in [0.1, 0.15) is 19.8 Å². The summed E-state index contributed by atoms with van der Waals surface area (Å²) in [5.41, 5.74) is 5.46. The van der Waals surface area contributed by atoms with Gasteiger partial charge in [-0.25, -0.2) is 15.0 Å². The topological polar surface area (TPSA) is 171 Å². The van der Waals surface area contributed by atoms with Gasteiger partial charge in [-0.1, -0.05) is 37.3 Å². The van der Waals surface area contributed by atoms with Crippen LogP contribution in [-0.2, 0) is 4.79 Å². The van der Waals surface area contributed by atoms with Gasteiger partial charge < -0.3 is 26.0 Å². The van der Waals surface area contributed by atoms with E-state index in [2.05, 4.69) is 19.9 Å². The van der Waals surface area contributed by atoms with Gasteiger partial charge in [0.1, 0.15) is 11.4 Å². The predicted molar refractivity (Wildman–Crippen MR) is 124 cm³/mol. The molecule has 5 aromatic rings. The SMILES string of the molecule is CCCC(=O)O.O.O.c1cc(-c2nc3ccccc3[nH]2)nc(-c2nc3ccccc3[nH]2)c1. The summed E-state index contributed by atoms with van der Waals surface area (Å²) in [7, 11) is 0. The maximum absolute atomic E-state index is 9.60. The van der Waals surface area contributed by atoms with Gasteiger partial charge in [-0.15, -0.1) is 0 Å². The molecule has 2 aromatic carbocycles. The molecule has 0 bridgehead atoms. The number of imidazole rings is 2. The zero-order chi connectivity index (χ0) is 20.9. The lowest BCUT2D eigenvalue weighted by molar-refractivity contribution is -0.137. The first-order chi connectivity index (χ1) is 14.6. The number of benzene rings is 2. The molecule has 0 saturated carbocycles. The van der Waals surface area contributed by atoms with Crippen molar-refractivity contribution in [2.75, 3.05) is 0 Å². The van der Waals surface area contributed by atoms with E-state index in [1.807, 2.05) is 73.7 Å². The second-order valence-electron chi connectivity index (χ2n) is 6.76. The van der Waals surface area contributed by atoms with Gasteiger partial charge >= 0.3 is 5.97 Å². The fourth-order valence-electron chi connectivity index (χ4n) is 3.06. The van der Waals surface area contributed by atoms with E-state index in [4.69, 9.17) is 10.1 Å². The van der Waals surface area contributed by atoms with Crippen LogP contribution >= 0.6 is 0 Å². The quantitative estimate of drug-likeness (QED) is 0.392. The Hall–Kier alpha value is -4.08. The Morgan fingerprint density at radius 3 is 1.59 bits per heavy atom. The van der Waals surface area contributed by atoms with Crippen LogP contribution in [0.15, 0.2) is 66.7 Å². The van der Waals surface area contributed by atoms with Crippen LogP contribution < -0.4 is 0 Å². The number of para-hydroxylation sites is 4. The van der Waals surface area contributed by atoms with E-state index in [-0.39, 0.29) is 11.0 Å². The summed E-state index contributed by atoms with van der Waals surface area (Å²) < 4.78 is 0. The molecule has 0 spiro atoms. The van der Waals surface area contributed by atoms with Gasteiger partial charge in [-0.3, -0.25) is 4.79 Å². The Bertz CT molecular complexity index is 1160. The molecule has 3 aromatic heterocycles. The molecular formula is C23H25N5O4. The number of nitrogens with one attached hydrogen (secondary N) is 2. The Morgan fingerprint density at radius 2 is 1.22 bits per heavy atom. The Morgan fingerprint density at radius 1 is 0.750 bits per heavy atom. The van der Waals surface area contributed by atoms with Gasteiger partial charge in [0, 0.05) is 6.42 Å². The van der Waals surface area contributed by atoms with E-state index in [1.54, 1.807) is 0 Å². The lowest BCUT2D eigenvalue weighted by Crippen LogP contribution is -1.90. The molecule has 0 unspecified atom stereocenters. The van der Waals surface area contributed by atoms with E-state index in [0.717, 1.165) is 51.5 Å². The molecule has 5 rings (SSSR count). The highest BCUT2D eigenvalue weighted by Gasteiger charge is 2.10. The van der Waals surface area contributed by atoms with Gasteiger partial charge in [-0.05, 0) is 42.8 Å². The smallest absolute Gasteiger partial charge is 0.303 e. The molecule has 3 heterocycles. The largest absolute Gasteiger partial charge is 0.481 e. The van der Waals surface area contributed by atoms with Crippen molar-refractivity contribution in [1.29, 1.82) is 0 Å². The summed E-state index contributed by atoms with van der Waals surface area (Å²) >= 11 is 0. The number of pyridine rings is 1. The molecule has 0 saturated heterocycles. The monoisotopic (exact) mass is 435 g/mol. The summed E-state index contributed by atoms with van der Waals surface area (Å²) in [6, 6.07) is 21.8. The van der Waals surface area contributed by atoms with Crippen molar-refractivity contribution >= 4 is 28.0 Å². The van der Waals surface area contributed by atoms with E-state index >= 15 is 0 Å². The summed E-state index contributed by atoms with van der Waals surface area (Å²) in [5.74, 6) is 0.806. The third-order valence-electron chi connectivity index (χ3n) is 4.48. The standard InChI is InChI=1S/C19H13N5.C4H8O2.2H2O/c1-2-7-13-12(6-1)21-18(22-13)16-10-5-11-17(20-16)19-23-14-8-3-4-9-15(14)24-19;1-2-3-4(5)6;;/h1-11H,(H,21,22)(H,23,24);2-3H2,1H3,(H,5,6);2*1H2. The van der Waals surface area contributed by atoms with Crippen LogP contribution in [0.5, 0.6) is 0 Å². The van der Waals surface area contributed by atoms with Crippen molar-refractivity contribution in [1.82, 2.24) is 24.9 Å². The average Bonchev–Trinajstić information content (AvgIpc) is 3.38. The number of hydrogen-bond acceptors (Lipinski definition) is 4. The average molecular weight is 435 g/mol. The van der Waals surface area contributed by atoms with Gasteiger partial charge in [0.05, 0.1) is 22.1 Å². The van der Waals surface area contributed by atoms with Crippen molar-refractivity contribution in [2.45, 2.75) is 19.8 Å². The molecule has 9 nitrogen and oxygen atoms in total. The molecule has 32 heavy (non-hydrogen) atoms. The van der Waals surface area contributed by atoms with E-state index in [0.29, 0.717) is 6.42 Å². The van der Waals surface area contributed by atoms with Crippen LogP contribution in [-0.4, -0.2) is 46.9 Å². The first-order valence-corrected chi connectivity index (χ1v) is 9.73. The number of rotatable bonds is 4. The summed E-state index contributed by atoms with van der Waals surface area (Å²) in [6.45, 7) is 1.84. The maximum Gasteiger partial charge on any atom is 0.303 e. The number of aliphatic carboxylic acids is 1. The van der Waals surface area contributed by atoms with Crippen molar-refractivity contribution in [3.8, 4) is 23.0 Å². The first kappa shape index (κ1) is 24.2. The number of carbonyl (C=O) groups is 1. The molecule has 0 radical (unpaired) electrons. The highest BCUT2D eigenvalue weighted by atomic mass is 16.4. The fourth-order valence-corrected chi connectivity index (χ4v) is 3.06. The van der Waals surface area contributed by atoms with Crippen LogP contribution in [0.4, 0.5) is 0 Å². The van der Waals surface area contributed by atoms with Gasteiger partial charge in [-0.2, -0.15) is 0 Å². The van der Waals surface area contributed by atoms with E-state index in [1.165, 1.54) is 0 Å². The minimum absolute atomic E-state index is 0. The zero-order valence-corrected chi connectivity index (χ0v) is 17.5. The number of aromatic amines is 2. The molecule has 0 fully saturated rings. The Balaban J connectivity index is 0.000000406. The van der Waals surface area contributed by atoms with Crippen molar-refractivity contribution < 1.29 is 20.9 Å². The summed E-state index contributed by atoms with van der Waals surface area (Å²) in [6.07, 6.45) is 1.02. The molecule has 0 aliphatic rings. The molecule has 0 atom stereocenters. The fraction of sp³-hybridized carbons (Fsp3) is 0.130. The highest BCUT2D eigenvalue weighted by molar-refractivity contribution is 5.80. The minimum atomic E-state index is -0.711. The van der Waals surface area contributed by atoms with Crippen LogP contribution in [0.25, 0.3) is 45.1 Å². The molecule has 0 aliphatic carbocycles. The third-order valence-corrected chi connectivity index (χ3v) is 4.48. The lowest BCUT2D eigenvalue weighted by Gasteiger charge is -1.99. The number of hydrogen-bond donors (Lipinski definition) is 3. The zero-order valence-electron chi connectivity index (χ0n) is 17.5. The molecule has 0 amide bonds. The van der Waals surface area contributed by atoms with Crippen molar-refractivity contribution in [3.05, 3.63) is 66.7 Å². The Labute approximate surface area is 183 Å². The van der Waals surface area contributed by atoms with Crippen LogP contribution in [0.2, 0.25) is 0 Å². The summed E-state index contributed by atoms with van der Waals surface area (Å²) in [4.78, 5) is 30.2. The minimum Gasteiger partial charge on any atom is -0.481 e. The predicted octanol–water partition coefficient (Wildman–Crippen LogP) is 3.39. The Kier molecular flexibility index (Phi) is 8.17. The molecule has 166 valence electrons. The molecular weight excluding hydrogens is 410 g/mol. The van der Waals surface area contributed by atoms with E-state index < -0.39 is 5.97 Å². The number of nitrogens with zero attached hydrogens (tertiary/aromatic N) is 3. The van der Waals surface area contributed by atoms with Gasteiger partial charge in [0.15, 0.2) is 11.6 Å². The first-order valence-electron chi connectivity index (χ1n) is 9.73. The molecule has 7 N–H and O–H groups in total. The van der Waals surface area contributed by atoms with Gasteiger partial charge in [0.25, 0.3) is 0 Å². The second-order valence-corrected chi connectivity index (χ2v) is 6.76. The molecule has 0 aliphatic heterocycles. The number of fused-ring (bicyclic) bond motifs is 2. The lowest BCUT2D eigenvalue weighted by atomic mass is 10.3. The highest BCUT2D eigenvalue weighted by Crippen LogP contribution is 2.23. The normalized spacial score (nSPS) is 10.0. The van der Waals surface area contributed by atoms with Crippen LogP contribution in [0.3, 0.4) is 0 Å². The van der Waals surface area contributed by atoms with E-state index in [9.17, 15) is 4.79 Å². The number of H-pyrrole nitrogens is 2. The molecule has 9 heteroatoms. The number of aromatic nitrogens is 5. The maximum atomic E-state index is 9.60. The third kappa shape index (κ3) is 5.34. The van der Waals surface area contributed by atoms with Crippen molar-refractivity contribution in [3.63, 3.8) is 0 Å². The summed E-state index contributed by atoms with van der Waals surface area (Å²) in [5, 5.41) is 7.91. The second kappa shape index (κ2) is 10.8. The van der Waals surface area contributed by atoms with Gasteiger partial charge in [0.2, 0.25) is 0 Å².